The van der Waals surface area contributed by atoms with Gasteiger partial charge in [0.2, 0.25) is 0 Å². The number of hydrogen-bond donors (Lipinski definition) is 0. The lowest BCUT2D eigenvalue weighted by Gasteiger charge is -2.21. The van der Waals surface area contributed by atoms with Crippen LogP contribution in [0.15, 0.2) is 18.2 Å². The maximum absolute atomic E-state index is 5.68. The van der Waals surface area contributed by atoms with Crippen LogP contribution in [0, 0.1) is 0 Å². The minimum absolute atomic E-state index is 0.444. The SMILES string of the molecule is CCC/C=C(\CCCC)c1c(OC)cc(C(OC)OC)cc1OC. The largest absolute Gasteiger partial charge is 0.496 e. The van der Waals surface area contributed by atoms with Gasteiger partial charge in [-0.05, 0) is 37.0 Å². The predicted molar refractivity (Wildman–Crippen MR) is 98.7 cm³/mol. The Morgan fingerprint density at radius 2 is 1.54 bits per heavy atom. The fraction of sp³-hybridized carbons (Fsp3) is 0.600. The summed E-state index contributed by atoms with van der Waals surface area (Å²) in [6.45, 7) is 4.39. The van der Waals surface area contributed by atoms with Crippen LogP contribution >= 0.6 is 0 Å². The van der Waals surface area contributed by atoms with Crippen LogP contribution in [0.1, 0.15) is 63.4 Å². The van der Waals surface area contributed by atoms with Gasteiger partial charge in [-0.2, -0.15) is 0 Å². The highest BCUT2D eigenvalue weighted by Crippen LogP contribution is 2.40. The quantitative estimate of drug-likeness (QED) is 0.509. The summed E-state index contributed by atoms with van der Waals surface area (Å²) in [6, 6.07) is 3.95. The van der Waals surface area contributed by atoms with Gasteiger partial charge in [0, 0.05) is 19.8 Å². The van der Waals surface area contributed by atoms with E-state index in [0.717, 1.165) is 54.7 Å². The number of hydrogen-bond acceptors (Lipinski definition) is 4. The van der Waals surface area contributed by atoms with Crippen LogP contribution in [-0.2, 0) is 9.47 Å². The van der Waals surface area contributed by atoms with Gasteiger partial charge in [-0.15, -0.1) is 0 Å². The molecule has 0 aliphatic carbocycles. The number of methoxy groups -OCH3 is 4. The summed E-state index contributed by atoms with van der Waals surface area (Å²) in [5.74, 6) is 1.59. The van der Waals surface area contributed by atoms with Crippen molar-refractivity contribution >= 4 is 5.57 Å². The average Bonchev–Trinajstić information content (AvgIpc) is 2.62. The molecular weight excluding hydrogens is 304 g/mol. The Labute approximate surface area is 146 Å². The third-order valence-electron chi connectivity index (χ3n) is 4.03. The zero-order valence-corrected chi connectivity index (χ0v) is 16.0. The Bertz CT molecular complexity index is 493. The minimum Gasteiger partial charge on any atom is -0.496 e. The Morgan fingerprint density at radius 1 is 0.958 bits per heavy atom. The normalized spacial score (nSPS) is 11.9. The van der Waals surface area contributed by atoms with Crippen molar-refractivity contribution in [3.63, 3.8) is 0 Å². The van der Waals surface area contributed by atoms with Crippen LogP contribution in [-0.4, -0.2) is 28.4 Å². The first kappa shape index (κ1) is 20.5. The highest BCUT2D eigenvalue weighted by molar-refractivity contribution is 5.76. The Hall–Kier alpha value is -1.52. The molecule has 0 atom stereocenters. The Kier molecular flexibility index (Phi) is 9.50. The number of ether oxygens (including phenoxy) is 4. The van der Waals surface area contributed by atoms with E-state index in [0.29, 0.717) is 0 Å². The number of allylic oxidation sites excluding steroid dienone is 2. The van der Waals surface area contributed by atoms with Crippen LogP contribution in [0.2, 0.25) is 0 Å². The molecular formula is C20H32O4. The highest BCUT2D eigenvalue weighted by atomic mass is 16.7. The van der Waals surface area contributed by atoms with Crippen molar-refractivity contribution in [2.75, 3.05) is 28.4 Å². The smallest absolute Gasteiger partial charge is 0.183 e. The molecule has 0 saturated carbocycles. The van der Waals surface area contributed by atoms with Gasteiger partial charge >= 0.3 is 0 Å². The maximum Gasteiger partial charge on any atom is 0.183 e. The average molecular weight is 336 g/mol. The van der Waals surface area contributed by atoms with Gasteiger partial charge in [-0.25, -0.2) is 0 Å². The van der Waals surface area contributed by atoms with Gasteiger partial charge in [0.15, 0.2) is 6.29 Å². The van der Waals surface area contributed by atoms with E-state index in [1.165, 1.54) is 5.57 Å². The van der Waals surface area contributed by atoms with Crippen LogP contribution in [0.5, 0.6) is 11.5 Å². The number of benzene rings is 1. The van der Waals surface area contributed by atoms with E-state index in [4.69, 9.17) is 18.9 Å². The number of rotatable bonds is 11. The molecule has 1 aromatic rings. The first-order valence-corrected chi connectivity index (χ1v) is 8.67. The second-order valence-electron chi connectivity index (χ2n) is 5.73. The second-order valence-corrected chi connectivity index (χ2v) is 5.73. The van der Waals surface area contributed by atoms with Crippen molar-refractivity contribution in [1.82, 2.24) is 0 Å². The Balaban J connectivity index is 3.42. The Morgan fingerprint density at radius 3 is 1.96 bits per heavy atom. The molecule has 0 fully saturated rings. The van der Waals surface area contributed by atoms with Crippen LogP contribution < -0.4 is 9.47 Å². The van der Waals surface area contributed by atoms with Crippen molar-refractivity contribution in [3.05, 3.63) is 29.3 Å². The standard InChI is InChI=1S/C20H32O4/c1-7-9-11-15(12-10-8-2)19-17(21-3)13-16(14-18(19)22-4)20(23-5)24-6/h11,13-14,20H,7-10,12H2,1-6H3/b15-11+. The van der Waals surface area contributed by atoms with Gasteiger partial charge in [0.25, 0.3) is 0 Å². The number of unbranched alkanes of at least 4 members (excludes halogenated alkanes) is 2. The molecule has 4 heteroatoms. The molecule has 0 bridgehead atoms. The zero-order valence-electron chi connectivity index (χ0n) is 16.0. The first-order valence-electron chi connectivity index (χ1n) is 8.67. The lowest BCUT2D eigenvalue weighted by atomic mass is 9.95. The summed E-state index contributed by atoms with van der Waals surface area (Å²) < 4.78 is 22.1. The fourth-order valence-corrected chi connectivity index (χ4v) is 2.77. The summed E-state index contributed by atoms with van der Waals surface area (Å²) in [7, 11) is 6.62. The first-order chi connectivity index (χ1) is 11.7. The monoisotopic (exact) mass is 336 g/mol. The maximum atomic E-state index is 5.68. The van der Waals surface area contributed by atoms with Crippen molar-refractivity contribution in [1.29, 1.82) is 0 Å². The molecule has 0 aliphatic rings. The third-order valence-corrected chi connectivity index (χ3v) is 4.03. The molecule has 0 spiro atoms. The van der Waals surface area contributed by atoms with Gasteiger partial charge in [-0.3, -0.25) is 0 Å². The molecule has 0 unspecified atom stereocenters. The molecule has 136 valence electrons. The van der Waals surface area contributed by atoms with Gasteiger partial charge < -0.3 is 18.9 Å². The van der Waals surface area contributed by atoms with Crippen molar-refractivity contribution in [2.24, 2.45) is 0 Å². The molecule has 24 heavy (non-hydrogen) atoms. The highest BCUT2D eigenvalue weighted by Gasteiger charge is 2.20. The van der Waals surface area contributed by atoms with Crippen LogP contribution in [0.25, 0.3) is 5.57 Å². The van der Waals surface area contributed by atoms with E-state index < -0.39 is 6.29 Å². The molecule has 0 N–H and O–H groups in total. The van der Waals surface area contributed by atoms with E-state index >= 15 is 0 Å². The summed E-state index contributed by atoms with van der Waals surface area (Å²) in [6.07, 6.45) is 7.34. The van der Waals surface area contributed by atoms with E-state index in [2.05, 4.69) is 19.9 Å². The summed E-state index contributed by atoms with van der Waals surface area (Å²) >= 11 is 0. The topological polar surface area (TPSA) is 36.9 Å². The second kappa shape index (κ2) is 11.1. The molecule has 1 aromatic carbocycles. The molecule has 0 radical (unpaired) electrons. The predicted octanol–water partition coefficient (Wildman–Crippen LogP) is 5.37. The van der Waals surface area contributed by atoms with Crippen molar-refractivity contribution in [3.8, 4) is 11.5 Å². The molecule has 1 rings (SSSR count). The lowest BCUT2D eigenvalue weighted by molar-refractivity contribution is -0.106. The minimum atomic E-state index is -0.444. The van der Waals surface area contributed by atoms with Crippen LogP contribution in [0.3, 0.4) is 0 Å². The van der Waals surface area contributed by atoms with Gasteiger partial charge in [0.1, 0.15) is 11.5 Å². The fourth-order valence-electron chi connectivity index (χ4n) is 2.77. The van der Waals surface area contributed by atoms with E-state index in [1.54, 1.807) is 28.4 Å². The molecule has 0 saturated heterocycles. The summed E-state index contributed by atoms with van der Waals surface area (Å²) in [4.78, 5) is 0. The molecule has 0 amide bonds. The third kappa shape index (κ3) is 5.25. The molecule has 4 nitrogen and oxygen atoms in total. The zero-order chi connectivity index (χ0) is 17.9. The van der Waals surface area contributed by atoms with Gasteiger partial charge in [-0.1, -0.05) is 32.8 Å². The van der Waals surface area contributed by atoms with E-state index in [9.17, 15) is 0 Å². The summed E-state index contributed by atoms with van der Waals surface area (Å²) in [5, 5.41) is 0. The van der Waals surface area contributed by atoms with E-state index in [1.807, 2.05) is 12.1 Å². The van der Waals surface area contributed by atoms with Crippen LogP contribution in [0.4, 0.5) is 0 Å². The van der Waals surface area contributed by atoms with Crippen molar-refractivity contribution < 1.29 is 18.9 Å². The van der Waals surface area contributed by atoms with Gasteiger partial charge in [0.05, 0.1) is 19.8 Å². The van der Waals surface area contributed by atoms with Crippen molar-refractivity contribution in [2.45, 2.75) is 52.2 Å². The molecule has 0 aliphatic heterocycles. The summed E-state index contributed by atoms with van der Waals surface area (Å²) in [5.41, 5.74) is 3.20. The van der Waals surface area contributed by atoms with E-state index in [-0.39, 0.29) is 0 Å². The lowest BCUT2D eigenvalue weighted by Crippen LogP contribution is -2.06. The molecule has 0 aromatic heterocycles. The molecule has 0 heterocycles.